The van der Waals surface area contributed by atoms with Gasteiger partial charge < -0.3 is 10.4 Å². The Morgan fingerprint density at radius 3 is 2.41 bits per heavy atom. The number of rotatable bonds is 4. The van der Waals surface area contributed by atoms with Crippen LogP contribution >= 0.6 is 0 Å². The highest BCUT2D eigenvalue weighted by Crippen LogP contribution is 2.25. The number of carbonyl (C=O) groups is 1. The van der Waals surface area contributed by atoms with Crippen molar-refractivity contribution < 1.29 is 14.3 Å². The van der Waals surface area contributed by atoms with Crippen LogP contribution in [0, 0.1) is 12.7 Å². The Morgan fingerprint density at radius 1 is 1.07 bits per heavy atom. The second kappa shape index (κ2) is 7.78. The molecule has 2 heterocycles. The van der Waals surface area contributed by atoms with E-state index >= 15 is 0 Å². The molecule has 0 saturated heterocycles. The number of carbonyl (C=O) groups excluding carboxylic acids is 1. The number of phenols is 1. The molecule has 27 heavy (non-hydrogen) atoms. The summed E-state index contributed by atoms with van der Waals surface area (Å²) in [5.41, 5.74) is 3.16. The van der Waals surface area contributed by atoms with Crippen LogP contribution in [0.4, 0.5) is 10.2 Å². The molecule has 0 aliphatic rings. The third kappa shape index (κ3) is 4.00. The number of anilines is 1. The van der Waals surface area contributed by atoms with Gasteiger partial charge in [0.15, 0.2) is 0 Å². The number of hydrogen-bond acceptors (Lipinski definition) is 4. The van der Waals surface area contributed by atoms with Crippen LogP contribution in [0.1, 0.15) is 34.0 Å². The van der Waals surface area contributed by atoms with E-state index in [9.17, 15) is 14.3 Å². The van der Waals surface area contributed by atoms with Gasteiger partial charge in [0.1, 0.15) is 17.4 Å². The number of benzene rings is 1. The van der Waals surface area contributed by atoms with E-state index in [0.29, 0.717) is 5.82 Å². The second-order valence-corrected chi connectivity index (χ2v) is 5.93. The van der Waals surface area contributed by atoms with Crippen LogP contribution in [-0.2, 0) is 0 Å². The standard InChI is InChI=1S/C21H18FN3O2/c1-3-17(14-4-7-16(26)8-5-14)15-6-9-20(24-10-15)25-21(27)18-11-23-12-19(22)13(18)2/h3-12,26H,1-2H3,(H,24,25,27)/b17-3-. The van der Waals surface area contributed by atoms with Crippen molar-refractivity contribution in [3.63, 3.8) is 0 Å². The van der Waals surface area contributed by atoms with Gasteiger partial charge in [-0.2, -0.15) is 0 Å². The predicted molar refractivity (Wildman–Crippen MR) is 102 cm³/mol. The van der Waals surface area contributed by atoms with Crippen LogP contribution in [0.15, 0.2) is 61.1 Å². The lowest BCUT2D eigenvalue weighted by molar-refractivity contribution is 0.102. The first-order chi connectivity index (χ1) is 13.0. The molecule has 3 rings (SSSR count). The molecular formula is C21H18FN3O2. The Morgan fingerprint density at radius 2 is 1.78 bits per heavy atom. The number of halogens is 1. The van der Waals surface area contributed by atoms with Crippen LogP contribution in [0.25, 0.3) is 5.57 Å². The lowest BCUT2D eigenvalue weighted by atomic mass is 9.99. The highest BCUT2D eigenvalue weighted by atomic mass is 19.1. The second-order valence-electron chi connectivity index (χ2n) is 5.93. The lowest BCUT2D eigenvalue weighted by Crippen LogP contribution is -2.15. The van der Waals surface area contributed by atoms with E-state index in [1.807, 2.05) is 31.2 Å². The average molecular weight is 363 g/mol. The Labute approximate surface area is 156 Å². The number of nitrogens with zero attached hydrogens (tertiary/aromatic N) is 2. The van der Waals surface area contributed by atoms with E-state index in [1.54, 1.807) is 24.4 Å². The van der Waals surface area contributed by atoms with Crippen molar-refractivity contribution in [2.45, 2.75) is 13.8 Å². The van der Waals surface area contributed by atoms with Gasteiger partial charge in [0.2, 0.25) is 0 Å². The molecule has 3 aromatic rings. The van der Waals surface area contributed by atoms with Crippen molar-refractivity contribution in [3.05, 3.63) is 89.1 Å². The molecule has 0 spiro atoms. The molecule has 2 N–H and O–H groups in total. The molecular weight excluding hydrogens is 345 g/mol. The van der Waals surface area contributed by atoms with Gasteiger partial charge in [-0.15, -0.1) is 0 Å². The summed E-state index contributed by atoms with van der Waals surface area (Å²) in [6.07, 6.45) is 5.99. The van der Waals surface area contributed by atoms with Gasteiger partial charge in [-0.05, 0) is 49.2 Å². The third-order valence-electron chi connectivity index (χ3n) is 4.18. The van der Waals surface area contributed by atoms with Crippen LogP contribution in [-0.4, -0.2) is 21.0 Å². The largest absolute Gasteiger partial charge is 0.508 e. The summed E-state index contributed by atoms with van der Waals surface area (Å²) >= 11 is 0. The average Bonchev–Trinajstić information content (AvgIpc) is 2.67. The number of pyridine rings is 2. The summed E-state index contributed by atoms with van der Waals surface area (Å²) < 4.78 is 13.6. The summed E-state index contributed by atoms with van der Waals surface area (Å²) in [5.74, 6) is -0.441. The maximum atomic E-state index is 13.6. The molecule has 0 atom stereocenters. The Bertz CT molecular complexity index is 997. The molecule has 1 aromatic carbocycles. The van der Waals surface area contributed by atoms with E-state index in [1.165, 1.54) is 13.1 Å². The molecule has 0 unspecified atom stereocenters. The fraction of sp³-hybridized carbons (Fsp3) is 0.0952. The first-order valence-corrected chi connectivity index (χ1v) is 8.33. The molecule has 0 aliphatic heterocycles. The fourth-order valence-electron chi connectivity index (χ4n) is 2.68. The van der Waals surface area contributed by atoms with Gasteiger partial charge in [0, 0.05) is 23.5 Å². The SMILES string of the molecule is C/C=C(/c1ccc(O)cc1)c1ccc(NC(=O)c2cncc(F)c2C)nc1. The maximum Gasteiger partial charge on any atom is 0.258 e. The molecule has 6 heteroatoms. The molecule has 0 radical (unpaired) electrons. The third-order valence-corrected chi connectivity index (χ3v) is 4.18. The van der Waals surface area contributed by atoms with E-state index < -0.39 is 11.7 Å². The summed E-state index contributed by atoms with van der Waals surface area (Å²) in [7, 11) is 0. The quantitative estimate of drug-likeness (QED) is 0.723. The summed E-state index contributed by atoms with van der Waals surface area (Å²) in [5, 5.41) is 12.1. The van der Waals surface area contributed by atoms with Crippen molar-refractivity contribution in [1.82, 2.24) is 9.97 Å². The van der Waals surface area contributed by atoms with E-state index in [-0.39, 0.29) is 16.9 Å². The van der Waals surface area contributed by atoms with E-state index in [2.05, 4.69) is 15.3 Å². The molecule has 136 valence electrons. The number of phenolic OH excluding ortho intramolecular Hbond substituents is 1. The highest BCUT2D eigenvalue weighted by Gasteiger charge is 2.13. The molecule has 0 fully saturated rings. The molecule has 2 aromatic heterocycles. The smallest absolute Gasteiger partial charge is 0.258 e. The van der Waals surface area contributed by atoms with Crippen LogP contribution in [0.5, 0.6) is 5.75 Å². The van der Waals surface area contributed by atoms with Crippen molar-refractivity contribution in [2.24, 2.45) is 0 Å². The number of nitrogens with one attached hydrogen (secondary N) is 1. The fourth-order valence-corrected chi connectivity index (χ4v) is 2.68. The minimum absolute atomic E-state index is 0.166. The zero-order chi connectivity index (χ0) is 19.4. The monoisotopic (exact) mass is 363 g/mol. The Balaban J connectivity index is 1.79. The first-order valence-electron chi connectivity index (χ1n) is 8.33. The zero-order valence-corrected chi connectivity index (χ0v) is 14.9. The van der Waals surface area contributed by atoms with E-state index in [4.69, 9.17) is 0 Å². The van der Waals surface area contributed by atoms with Gasteiger partial charge in [-0.25, -0.2) is 9.37 Å². The normalized spacial score (nSPS) is 11.3. The number of hydrogen-bond donors (Lipinski definition) is 2. The minimum Gasteiger partial charge on any atom is -0.508 e. The molecule has 1 amide bonds. The predicted octanol–water partition coefficient (Wildman–Crippen LogP) is 4.33. The number of aromatic hydroxyl groups is 1. The topological polar surface area (TPSA) is 75.1 Å². The van der Waals surface area contributed by atoms with Crippen LogP contribution < -0.4 is 5.32 Å². The number of allylic oxidation sites excluding steroid dienone is 1. The zero-order valence-electron chi connectivity index (χ0n) is 14.9. The van der Waals surface area contributed by atoms with Gasteiger partial charge in [-0.1, -0.05) is 18.2 Å². The lowest BCUT2D eigenvalue weighted by Gasteiger charge is -2.10. The maximum absolute atomic E-state index is 13.6. The Kier molecular flexibility index (Phi) is 5.26. The molecule has 5 nitrogen and oxygen atoms in total. The van der Waals surface area contributed by atoms with Crippen molar-refractivity contribution >= 4 is 17.3 Å². The number of aromatic nitrogens is 2. The molecule has 0 bridgehead atoms. The summed E-state index contributed by atoms with van der Waals surface area (Å²) in [4.78, 5) is 20.3. The van der Waals surface area contributed by atoms with Gasteiger partial charge >= 0.3 is 0 Å². The number of amides is 1. The highest BCUT2D eigenvalue weighted by molar-refractivity contribution is 6.04. The first kappa shape index (κ1) is 18.3. The Hall–Kier alpha value is -3.54. The molecule has 0 saturated carbocycles. The van der Waals surface area contributed by atoms with Crippen molar-refractivity contribution in [1.29, 1.82) is 0 Å². The molecule has 0 aliphatic carbocycles. The summed E-state index contributed by atoms with van der Waals surface area (Å²) in [6.45, 7) is 3.44. The summed E-state index contributed by atoms with van der Waals surface area (Å²) in [6, 6.07) is 10.4. The van der Waals surface area contributed by atoms with Crippen molar-refractivity contribution in [2.75, 3.05) is 5.32 Å². The van der Waals surface area contributed by atoms with Crippen molar-refractivity contribution in [3.8, 4) is 5.75 Å². The van der Waals surface area contributed by atoms with Gasteiger partial charge in [0.25, 0.3) is 5.91 Å². The minimum atomic E-state index is -0.530. The van der Waals surface area contributed by atoms with Crippen LogP contribution in [0.2, 0.25) is 0 Å². The van der Waals surface area contributed by atoms with Gasteiger partial charge in [0.05, 0.1) is 11.8 Å². The van der Waals surface area contributed by atoms with E-state index in [0.717, 1.165) is 22.9 Å². The van der Waals surface area contributed by atoms with Gasteiger partial charge in [-0.3, -0.25) is 9.78 Å². The van der Waals surface area contributed by atoms with Crippen LogP contribution in [0.3, 0.4) is 0 Å².